The van der Waals surface area contributed by atoms with E-state index in [1.54, 1.807) is 13.0 Å². The monoisotopic (exact) mass is 443 g/mol. The fourth-order valence-electron chi connectivity index (χ4n) is 3.40. The number of imide groups is 1. The van der Waals surface area contributed by atoms with Gasteiger partial charge in [-0.25, -0.2) is 18.5 Å². The van der Waals surface area contributed by atoms with Crippen molar-refractivity contribution < 1.29 is 33.0 Å². The Morgan fingerprint density at radius 3 is 2.68 bits per heavy atom. The average molecular weight is 443 g/mol. The first-order chi connectivity index (χ1) is 14.8. The van der Waals surface area contributed by atoms with Crippen molar-refractivity contribution in [3.63, 3.8) is 0 Å². The lowest BCUT2D eigenvalue weighted by Gasteiger charge is -2.26. The molecule has 1 aliphatic heterocycles. The zero-order valence-electron chi connectivity index (χ0n) is 16.1. The standard InChI is InChI=1S/C22H15F2NO5S/c1-11(12-3-2-4-14(23)7-12)30-15-5-6-16(24)17(9-15)25-18(26)8-13-10-31-20(22(28)29)19(13)21(25)27/h2-7,9-11H,8H2,1H3,(H,28,29). The Kier molecular flexibility index (Phi) is 5.28. The first-order valence-corrected chi connectivity index (χ1v) is 10.1. The zero-order chi connectivity index (χ0) is 22.3. The van der Waals surface area contributed by atoms with Gasteiger partial charge in [-0.2, -0.15) is 0 Å². The van der Waals surface area contributed by atoms with Crippen LogP contribution in [-0.2, 0) is 11.2 Å². The van der Waals surface area contributed by atoms with Gasteiger partial charge in [0.05, 0.1) is 17.7 Å². The number of amides is 2. The van der Waals surface area contributed by atoms with Crippen LogP contribution in [0.25, 0.3) is 0 Å². The van der Waals surface area contributed by atoms with Crippen LogP contribution in [0, 0.1) is 11.6 Å². The summed E-state index contributed by atoms with van der Waals surface area (Å²) in [4.78, 5) is 37.4. The normalized spacial score (nSPS) is 14.4. The molecule has 2 heterocycles. The number of carboxylic acids is 1. The Labute approximate surface area is 179 Å². The lowest BCUT2D eigenvalue weighted by Crippen LogP contribution is -2.43. The summed E-state index contributed by atoms with van der Waals surface area (Å²) in [5, 5.41) is 10.8. The summed E-state index contributed by atoms with van der Waals surface area (Å²) in [5.74, 6) is -4.00. The van der Waals surface area contributed by atoms with Crippen molar-refractivity contribution in [1.29, 1.82) is 0 Å². The summed E-state index contributed by atoms with van der Waals surface area (Å²) in [6.45, 7) is 1.67. The number of carboxylic acid groups (broad SMARTS) is 1. The van der Waals surface area contributed by atoms with E-state index in [9.17, 15) is 28.3 Å². The van der Waals surface area contributed by atoms with E-state index in [-0.39, 0.29) is 28.3 Å². The fourth-order valence-corrected chi connectivity index (χ4v) is 4.29. The van der Waals surface area contributed by atoms with Gasteiger partial charge in [0.2, 0.25) is 5.91 Å². The minimum atomic E-state index is -1.30. The number of rotatable bonds is 5. The van der Waals surface area contributed by atoms with E-state index in [0.29, 0.717) is 16.0 Å². The molecule has 3 aromatic rings. The number of anilines is 1. The summed E-state index contributed by atoms with van der Waals surface area (Å²) in [5.41, 5.74) is 0.397. The summed E-state index contributed by atoms with van der Waals surface area (Å²) in [6.07, 6.45) is -0.821. The Morgan fingerprint density at radius 1 is 1.19 bits per heavy atom. The summed E-state index contributed by atoms with van der Waals surface area (Å²) >= 11 is 0.843. The molecule has 9 heteroatoms. The van der Waals surface area contributed by atoms with Gasteiger partial charge in [0.15, 0.2) is 0 Å². The second kappa shape index (κ2) is 7.92. The molecule has 2 aromatic carbocycles. The molecule has 0 spiro atoms. The maximum Gasteiger partial charge on any atom is 0.346 e. The van der Waals surface area contributed by atoms with Crippen LogP contribution in [-0.4, -0.2) is 22.9 Å². The van der Waals surface area contributed by atoms with Gasteiger partial charge in [0, 0.05) is 6.07 Å². The van der Waals surface area contributed by atoms with Crippen LogP contribution in [0.3, 0.4) is 0 Å². The smallest absolute Gasteiger partial charge is 0.346 e. The molecule has 0 saturated carbocycles. The molecule has 0 bridgehead atoms. The third-order valence-corrected chi connectivity index (χ3v) is 5.88. The first kappa shape index (κ1) is 20.7. The zero-order valence-corrected chi connectivity index (χ0v) is 16.9. The Hall–Kier alpha value is -3.59. The highest BCUT2D eigenvalue weighted by Crippen LogP contribution is 2.35. The number of carbonyl (C=O) groups excluding carboxylic acids is 2. The van der Waals surface area contributed by atoms with Gasteiger partial charge in [0.1, 0.15) is 28.4 Å². The molecule has 0 aliphatic carbocycles. The van der Waals surface area contributed by atoms with Gasteiger partial charge in [-0.05, 0) is 47.7 Å². The molecule has 1 atom stereocenters. The SMILES string of the molecule is CC(Oc1ccc(F)c(N2C(=O)Cc3csc(C(=O)O)c3C2=O)c1)c1cccc(F)c1. The van der Waals surface area contributed by atoms with Crippen LogP contribution in [0.1, 0.15) is 44.2 Å². The topological polar surface area (TPSA) is 83.9 Å². The second-order valence-electron chi connectivity index (χ2n) is 6.91. The van der Waals surface area contributed by atoms with E-state index in [0.717, 1.165) is 17.4 Å². The number of carbonyl (C=O) groups is 3. The molecule has 4 rings (SSSR count). The summed E-state index contributed by atoms with van der Waals surface area (Å²) in [6, 6.07) is 9.36. The molecule has 1 aliphatic rings. The minimum Gasteiger partial charge on any atom is -0.486 e. The number of aromatic carboxylic acids is 1. The van der Waals surface area contributed by atoms with Gasteiger partial charge in [-0.15, -0.1) is 11.3 Å². The third-order valence-electron chi connectivity index (χ3n) is 4.86. The Bertz CT molecular complexity index is 1220. The largest absolute Gasteiger partial charge is 0.486 e. The number of benzene rings is 2. The van der Waals surface area contributed by atoms with Crippen molar-refractivity contribution in [2.24, 2.45) is 0 Å². The van der Waals surface area contributed by atoms with Crippen LogP contribution in [0.2, 0.25) is 0 Å². The van der Waals surface area contributed by atoms with Crippen molar-refractivity contribution in [2.75, 3.05) is 4.90 Å². The fraction of sp³-hybridized carbons (Fsp3) is 0.136. The van der Waals surface area contributed by atoms with E-state index >= 15 is 0 Å². The summed E-state index contributed by atoms with van der Waals surface area (Å²) in [7, 11) is 0. The van der Waals surface area contributed by atoms with Crippen molar-refractivity contribution in [3.8, 4) is 5.75 Å². The van der Waals surface area contributed by atoms with E-state index in [1.165, 1.54) is 35.7 Å². The number of thiophene rings is 1. The molecule has 1 aromatic heterocycles. The van der Waals surface area contributed by atoms with Gasteiger partial charge >= 0.3 is 5.97 Å². The molecule has 6 nitrogen and oxygen atoms in total. The number of hydrogen-bond acceptors (Lipinski definition) is 5. The highest BCUT2D eigenvalue weighted by atomic mass is 32.1. The first-order valence-electron chi connectivity index (χ1n) is 9.19. The number of fused-ring (bicyclic) bond motifs is 1. The molecule has 0 radical (unpaired) electrons. The van der Waals surface area contributed by atoms with Crippen molar-refractivity contribution in [1.82, 2.24) is 0 Å². The van der Waals surface area contributed by atoms with Crippen LogP contribution in [0.5, 0.6) is 5.75 Å². The predicted molar refractivity (Wildman–Crippen MR) is 109 cm³/mol. The van der Waals surface area contributed by atoms with E-state index in [1.807, 2.05) is 0 Å². The highest BCUT2D eigenvalue weighted by Gasteiger charge is 2.38. The predicted octanol–water partition coefficient (Wildman–Crippen LogP) is 4.59. The molecule has 1 unspecified atom stereocenters. The molecular weight excluding hydrogens is 428 g/mol. The van der Waals surface area contributed by atoms with Crippen molar-refractivity contribution in [2.45, 2.75) is 19.4 Å². The summed E-state index contributed by atoms with van der Waals surface area (Å²) < 4.78 is 33.8. The molecule has 1 N–H and O–H groups in total. The Balaban J connectivity index is 1.68. The molecule has 2 amide bonds. The van der Waals surface area contributed by atoms with Crippen LogP contribution in [0.15, 0.2) is 47.8 Å². The van der Waals surface area contributed by atoms with E-state index in [4.69, 9.17) is 4.74 Å². The van der Waals surface area contributed by atoms with E-state index in [2.05, 4.69) is 0 Å². The number of nitrogens with zero attached hydrogens (tertiary/aromatic N) is 1. The number of halogens is 2. The van der Waals surface area contributed by atoms with Crippen LogP contribution >= 0.6 is 11.3 Å². The lowest BCUT2D eigenvalue weighted by molar-refractivity contribution is -0.117. The molecular formula is C22H15F2NO5S. The highest BCUT2D eigenvalue weighted by molar-refractivity contribution is 7.12. The van der Waals surface area contributed by atoms with Gasteiger partial charge in [0.25, 0.3) is 5.91 Å². The van der Waals surface area contributed by atoms with Gasteiger partial charge in [-0.3, -0.25) is 9.59 Å². The molecule has 0 saturated heterocycles. The van der Waals surface area contributed by atoms with E-state index < -0.39 is 35.5 Å². The number of hydrogen-bond donors (Lipinski definition) is 1. The van der Waals surface area contributed by atoms with Crippen molar-refractivity contribution in [3.05, 3.63) is 81.0 Å². The number of ether oxygens (including phenoxy) is 1. The van der Waals surface area contributed by atoms with Crippen LogP contribution < -0.4 is 9.64 Å². The average Bonchev–Trinajstić information content (AvgIpc) is 3.14. The lowest BCUT2D eigenvalue weighted by atomic mass is 10.0. The van der Waals surface area contributed by atoms with Crippen LogP contribution in [0.4, 0.5) is 14.5 Å². The third kappa shape index (κ3) is 3.79. The molecule has 0 fully saturated rings. The maximum atomic E-state index is 14.6. The molecule has 158 valence electrons. The Morgan fingerprint density at radius 2 is 1.97 bits per heavy atom. The maximum absolute atomic E-state index is 14.6. The minimum absolute atomic E-state index is 0.115. The van der Waals surface area contributed by atoms with Gasteiger partial charge < -0.3 is 9.84 Å². The molecule has 31 heavy (non-hydrogen) atoms. The quantitative estimate of drug-likeness (QED) is 0.583. The van der Waals surface area contributed by atoms with Gasteiger partial charge in [-0.1, -0.05) is 12.1 Å². The van der Waals surface area contributed by atoms with Crippen molar-refractivity contribution >= 4 is 34.8 Å². The second-order valence-corrected chi connectivity index (χ2v) is 7.79.